The lowest BCUT2D eigenvalue weighted by molar-refractivity contribution is -0.196. The summed E-state index contributed by atoms with van der Waals surface area (Å²) in [5.74, 6) is -9.51. The Hall–Kier alpha value is -4.02. The first-order valence-corrected chi connectivity index (χ1v) is 8.22. The quantitative estimate of drug-likeness (QED) is 0.150. The highest BCUT2D eigenvalue weighted by atomic mass is 16.5. The van der Waals surface area contributed by atoms with Gasteiger partial charge in [-0.1, -0.05) is 42.5 Å². The van der Waals surface area contributed by atoms with Crippen molar-refractivity contribution in [1.29, 1.82) is 0 Å². The highest BCUT2D eigenvalue weighted by molar-refractivity contribution is 6.27. The van der Waals surface area contributed by atoms with Gasteiger partial charge in [-0.05, 0) is 23.8 Å². The smallest absolute Gasteiger partial charge is 0.348 e. The van der Waals surface area contributed by atoms with Crippen molar-refractivity contribution >= 4 is 29.6 Å². The molecule has 30 heavy (non-hydrogen) atoms. The number of aromatic hydroxyl groups is 2. The Morgan fingerprint density at radius 3 is 1.83 bits per heavy atom. The Morgan fingerprint density at radius 1 is 0.767 bits per heavy atom. The van der Waals surface area contributed by atoms with Gasteiger partial charge >= 0.3 is 11.9 Å². The molecule has 0 fully saturated rings. The van der Waals surface area contributed by atoms with Crippen LogP contribution in [0.3, 0.4) is 0 Å². The second-order valence-electron chi connectivity index (χ2n) is 6.17. The van der Waals surface area contributed by atoms with Crippen LogP contribution in [0.1, 0.15) is 15.9 Å². The molecule has 2 aromatic rings. The van der Waals surface area contributed by atoms with Crippen molar-refractivity contribution in [3.05, 3.63) is 65.7 Å². The number of Topliss-reactive ketones (excluding diaryl/α,β-unsaturated/α-hetero) is 1. The molecule has 2 atom stereocenters. The molecule has 10 heteroatoms. The molecule has 0 radical (unpaired) electrons. The molecule has 0 heterocycles. The van der Waals surface area contributed by atoms with E-state index in [1.54, 1.807) is 0 Å². The third-order valence-electron chi connectivity index (χ3n) is 4.29. The molecule has 0 spiro atoms. The number of aliphatic carboxylic acids is 2. The molecule has 2 unspecified atom stereocenters. The first kappa shape index (κ1) is 22.3. The highest BCUT2D eigenvalue weighted by Gasteiger charge is 2.69. The number of carbonyl (C=O) groups is 4. The fourth-order valence-corrected chi connectivity index (χ4v) is 2.59. The number of phenolic OH excluding ortho intramolecular Hbond substituents is 2. The summed E-state index contributed by atoms with van der Waals surface area (Å²) >= 11 is 0. The van der Waals surface area contributed by atoms with Gasteiger partial charge in [0.15, 0.2) is 11.5 Å². The monoisotopic (exact) mass is 416 g/mol. The maximum atomic E-state index is 12.6. The molecule has 10 nitrogen and oxygen atoms in total. The predicted molar refractivity (Wildman–Crippen MR) is 99.8 cm³/mol. The van der Waals surface area contributed by atoms with E-state index in [9.17, 15) is 49.8 Å². The maximum Gasteiger partial charge on any atom is 0.348 e. The van der Waals surface area contributed by atoms with Crippen LogP contribution in [0.4, 0.5) is 0 Å². The van der Waals surface area contributed by atoms with Gasteiger partial charge in [-0.25, -0.2) is 9.59 Å². The van der Waals surface area contributed by atoms with Crippen LogP contribution in [0, 0.1) is 0 Å². The number of benzene rings is 2. The van der Waals surface area contributed by atoms with Gasteiger partial charge in [-0.15, -0.1) is 0 Å². The highest BCUT2D eigenvalue weighted by Crippen LogP contribution is 2.31. The first-order valence-electron chi connectivity index (χ1n) is 8.22. The molecular formula is C20H16O10. The van der Waals surface area contributed by atoms with Gasteiger partial charge in [0.05, 0.1) is 0 Å². The van der Waals surface area contributed by atoms with Gasteiger partial charge in [-0.2, -0.15) is 0 Å². The fraction of sp³-hybridized carbons (Fsp3) is 0.100. The van der Waals surface area contributed by atoms with E-state index in [2.05, 4.69) is 0 Å². The lowest BCUT2D eigenvalue weighted by Gasteiger charge is -2.33. The standard InChI is InChI=1S/C20H16O10/c21-13-8-6-11(10-14(13)22)7-9-15(23)19(29,17(25)26)20(30,18(27)28)16(24)12-4-2-1-3-5-12/h1-10,21-22,29-30H,(H,25,26)(H,27,28)/b9-7+. The minimum Gasteiger partial charge on any atom is -0.504 e. The number of hydrogen-bond acceptors (Lipinski definition) is 8. The van der Waals surface area contributed by atoms with Crippen molar-refractivity contribution in [1.82, 2.24) is 0 Å². The Morgan fingerprint density at radius 2 is 1.33 bits per heavy atom. The van der Waals surface area contributed by atoms with E-state index in [-0.39, 0.29) is 5.56 Å². The van der Waals surface area contributed by atoms with Gasteiger partial charge in [0.25, 0.3) is 11.2 Å². The van der Waals surface area contributed by atoms with Crippen molar-refractivity contribution in [2.75, 3.05) is 0 Å². The number of carboxylic acids is 2. The summed E-state index contributed by atoms with van der Waals surface area (Å²) in [6.45, 7) is 0. The number of phenols is 2. The van der Waals surface area contributed by atoms with E-state index < -0.39 is 51.8 Å². The third-order valence-corrected chi connectivity index (χ3v) is 4.29. The van der Waals surface area contributed by atoms with Crippen LogP contribution in [0.15, 0.2) is 54.6 Å². The summed E-state index contributed by atoms with van der Waals surface area (Å²) in [6.07, 6.45) is 1.30. The zero-order chi connectivity index (χ0) is 22.7. The van der Waals surface area contributed by atoms with E-state index in [1.807, 2.05) is 0 Å². The van der Waals surface area contributed by atoms with Crippen molar-refractivity contribution in [3.8, 4) is 11.5 Å². The van der Waals surface area contributed by atoms with E-state index in [1.165, 1.54) is 24.3 Å². The van der Waals surface area contributed by atoms with Gasteiger partial charge in [-0.3, -0.25) is 9.59 Å². The normalized spacial score (nSPS) is 15.1. The zero-order valence-corrected chi connectivity index (χ0v) is 15.1. The van der Waals surface area contributed by atoms with Gasteiger partial charge in [0, 0.05) is 5.56 Å². The molecular weight excluding hydrogens is 400 g/mol. The van der Waals surface area contributed by atoms with Gasteiger partial charge < -0.3 is 30.6 Å². The van der Waals surface area contributed by atoms with Crippen molar-refractivity contribution in [2.45, 2.75) is 11.2 Å². The second-order valence-corrected chi connectivity index (χ2v) is 6.17. The largest absolute Gasteiger partial charge is 0.504 e. The van der Waals surface area contributed by atoms with Crippen LogP contribution in [0.2, 0.25) is 0 Å². The zero-order valence-electron chi connectivity index (χ0n) is 15.1. The van der Waals surface area contributed by atoms with E-state index >= 15 is 0 Å². The molecule has 0 aliphatic rings. The van der Waals surface area contributed by atoms with Crippen LogP contribution in [-0.2, 0) is 14.4 Å². The number of carboxylic acid groups (broad SMARTS) is 2. The predicted octanol–water partition coefficient (Wildman–Crippen LogP) is 0.194. The lowest BCUT2D eigenvalue weighted by atomic mass is 9.74. The Bertz CT molecular complexity index is 1040. The summed E-state index contributed by atoms with van der Waals surface area (Å²) in [7, 11) is 0. The van der Waals surface area contributed by atoms with E-state index in [0.29, 0.717) is 6.08 Å². The Labute approximate surface area is 168 Å². The first-order chi connectivity index (χ1) is 14.0. The van der Waals surface area contributed by atoms with Gasteiger partial charge in [0.1, 0.15) is 0 Å². The molecule has 6 N–H and O–H groups in total. The van der Waals surface area contributed by atoms with Crippen LogP contribution in [-0.4, -0.2) is 65.3 Å². The molecule has 0 aliphatic carbocycles. The summed E-state index contributed by atoms with van der Waals surface area (Å²) in [5, 5.41) is 58.6. The SMILES string of the molecule is O=C(O)C(O)(C(=O)/C=C/c1ccc(O)c(O)c1)C(O)(C(=O)O)C(=O)c1ccccc1. The van der Waals surface area contributed by atoms with Crippen LogP contribution >= 0.6 is 0 Å². The number of rotatable bonds is 8. The lowest BCUT2D eigenvalue weighted by Crippen LogP contribution is -2.71. The summed E-state index contributed by atoms with van der Waals surface area (Å²) in [4.78, 5) is 48.6. The van der Waals surface area contributed by atoms with Crippen molar-refractivity contribution in [2.24, 2.45) is 0 Å². The number of carbonyl (C=O) groups excluding carboxylic acids is 2. The number of aliphatic hydroxyl groups is 2. The molecule has 0 aromatic heterocycles. The molecule has 0 aliphatic heterocycles. The minimum atomic E-state index is -4.08. The second kappa shape index (κ2) is 8.15. The maximum absolute atomic E-state index is 12.6. The Balaban J connectivity index is 2.56. The number of hydrogen-bond donors (Lipinski definition) is 6. The van der Waals surface area contributed by atoms with Gasteiger partial charge in [0.2, 0.25) is 11.6 Å². The molecule has 2 aromatic carbocycles. The van der Waals surface area contributed by atoms with E-state index in [0.717, 1.165) is 30.3 Å². The molecule has 0 saturated carbocycles. The summed E-state index contributed by atoms with van der Waals surface area (Å²) < 4.78 is 0. The molecule has 0 bridgehead atoms. The van der Waals surface area contributed by atoms with Crippen LogP contribution < -0.4 is 0 Å². The minimum absolute atomic E-state index is 0.0552. The van der Waals surface area contributed by atoms with Crippen molar-refractivity contribution < 1.29 is 49.8 Å². The molecule has 0 amide bonds. The average molecular weight is 416 g/mol. The Kier molecular flexibility index (Phi) is 6.05. The van der Waals surface area contributed by atoms with E-state index in [4.69, 9.17) is 0 Å². The van der Waals surface area contributed by atoms with Crippen LogP contribution in [0.25, 0.3) is 6.08 Å². The van der Waals surface area contributed by atoms with Crippen molar-refractivity contribution in [3.63, 3.8) is 0 Å². The summed E-state index contributed by atoms with van der Waals surface area (Å²) in [5.41, 5.74) is -8.54. The summed E-state index contributed by atoms with van der Waals surface area (Å²) in [6, 6.07) is 9.43. The fourth-order valence-electron chi connectivity index (χ4n) is 2.59. The topological polar surface area (TPSA) is 190 Å². The number of ketones is 2. The average Bonchev–Trinajstić information content (AvgIpc) is 2.72. The molecule has 2 rings (SSSR count). The third kappa shape index (κ3) is 3.64. The molecule has 156 valence electrons. The molecule has 0 saturated heterocycles. The van der Waals surface area contributed by atoms with Crippen LogP contribution in [0.5, 0.6) is 11.5 Å².